The number of imidazole rings is 1. The number of halogens is 1. The SMILES string of the molecule is Cc1sc2nc(-c3cccnc3)c(/C=N/N=C(N)N)n2c1C.Cl. The molecule has 23 heavy (non-hydrogen) atoms. The molecular weight excluding hydrogens is 334 g/mol. The first-order chi connectivity index (χ1) is 10.6. The van der Waals surface area contributed by atoms with E-state index in [0.29, 0.717) is 0 Å². The van der Waals surface area contributed by atoms with Crippen molar-refractivity contribution in [1.29, 1.82) is 0 Å². The number of thiazole rings is 1. The maximum absolute atomic E-state index is 5.31. The normalized spacial score (nSPS) is 10.9. The second-order valence-electron chi connectivity index (χ2n) is 4.72. The molecule has 9 heteroatoms. The van der Waals surface area contributed by atoms with Crippen molar-refractivity contribution in [2.45, 2.75) is 13.8 Å². The number of aromatic nitrogens is 3. The summed E-state index contributed by atoms with van der Waals surface area (Å²) in [5.41, 5.74) is 14.3. The second kappa shape index (κ2) is 6.76. The van der Waals surface area contributed by atoms with Crippen LogP contribution in [0.15, 0.2) is 34.7 Å². The van der Waals surface area contributed by atoms with Crippen molar-refractivity contribution in [2.75, 3.05) is 0 Å². The van der Waals surface area contributed by atoms with E-state index in [4.69, 9.17) is 16.5 Å². The first kappa shape index (κ1) is 16.9. The number of hydrogen-bond donors (Lipinski definition) is 2. The van der Waals surface area contributed by atoms with Crippen LogP contribution in [0.4, 0.5) is 0 Å². The van der Waals surface area contributed by atoms with Crippen LogP contribution in [0.5, 0.6) is 0 Å². The van der Waals surface area contributed by atoms with E-state index in [2.05, 4.69) is 22.1 Å². The largest absolute Gasteiger partial charge is 0.369 e. The Balaban J connectivity index is 0.00000192. The third-order valence-electron chi connectivity index (χ3n) is 3.26. The fourth-order valence-electron chi connectivity index (χ4n) is 2.16. The van der Waals surface area contributed by atoms with Crippen LogP contribution >= 0.6 is 23.7 Å². The van der Waals surface area contributed by atoms with Gasteiger partial charge in [-0.15, -0.1) is 28.8 Å². The fourth-order valence-corrected chi connectivity index (χ4v) is 3.13. The van der Waals surface area contributed by atoms with Crippen LogP contribution in [-0.4, -0.2) is 26.5 Å². The molecule has 0 fully saturated rings. The smallest absolute Gasteiger partial charge is 0.211 e. The van der Waals surface area contributed by atoms with Gasteiger partial charge in [-0.05, 0) is 26.0 Å². The Bertz CT molecular complexity index is 876. The zero-order chi connectivity index (χ0) is 15.7. The molecule has 3 aromatic rings. The maximum atomic E-state index is 5.31. The van der Waals surface area contributed by atoms with Crippen LogP contribution < -0.4 is 11.5 Å². The van der Waals surface area contributed by atoms with Gasteiger partial charge >= 0.3 is 0 Å². The van der Waals surface area contributed by atoms with Crippen LogP contribution in [0, 0.1) is 13.8 Å². The van der Waals surface area contributed by atoms with Crippen LogP contribution in [0.3, 0.4) is 0 Å². The van der Waals surface area contributed by atoms with Crippen molar-refractivity contribution in [3.8, 4) is 11.3 Å². The number of aryl methyl sites for hydroxylation is 2. The minimum atomic E-state index is -0.0850. The summed E-state index contributed by atoms with van der Waals surface area (Å²) in [7, 11) is 0. The van der Waals surface area contributed by atoms with Gasteiger partial charge in [-0.25, -0.2) is 4.98 Å². The number of pyridine rings is 1. The van der Waals surface area contributed by atoms with Gasteiger partial charge < -0.3 is 11.5 Å². The van der Waals surface area contributed by atoms with E-state index in [1.807, 2.05) is 23.5 Å². The number of hydrogen-bond acceptors (Lipinski definition) is 5. The zero-order valence-electron chi connectivity index (χ0n) is 12.6. The van der Waals surface area contributed by atoms with E-state index in [1.165, 1.54) is 4.88 Å². The number of guanidine groups is 1. The molecule has 3 aromatic heterocycles. The minimum absolute atomic E-state index is 0. The molecule has 4 N–H and O–H groups in total. The Morgan fingerprint density at radius 1 is 1.35 bits per heavy atom. The fraction of sp³-hybridized carbons (Fsp3) is 0.143. The lowest BCUT2D eigenvalue weighted by molar-refractivity contribution is 1.09. The van der Waals surface area contributed by atoms with Crippen LogP contribution in [0.2, 0.25) is 0 Å². The molecule has 3 rings (SSSR count). The van der Waals surface area contributed by atoms with Gasteiger partial charge in [-0.2, -0.15) is 5.10 Å². The number of rotatable bonds is 3. The summed E-state index contributed by atoms with van der Waals surface area (Å²) >= 11 is 1.63. The lowest BCUT2D eigenvalue weighted by atomic mass is 10.2. The average Bonchev–Trinajstić information content (AvgIpc) is 2.98. The van der Waals surface area contributed by atoms with Gasteiger partial charge in [0.15, 0.2) is 4.96 Å². The van der Waals surface area contributed by atoms with E-state index in [0.717, 1.165) is 27.6 Å². The van der Waals surface area contributed by atoms with E-state index in [9.17, 15) is 0 Å². The summed E-state index contributed by atoms with van der Waals surface area (Å²) in [6, 6.07) is 3.83. The Morgan fingerprint density at radius 2 is 2.13 bits per heavy atom. The molecule has 0 saturated heterocycles. The average molecular weight is 350 g/mol. The molecule has 0 atom stereocenters. The number of nitrogens with zero attached hydrogens (tertiary/aromatic N) is 5. The number of nitrogens with two attached hydrogens (primary N) is 2. The van der Waals surface area contributed by atoms with Crippen LogP contribution in [0.1, 0.15) is 16.3 Å². The maximum Gasteiger partial charge on any atom is 0.211 e. The van der Waals surface area contributed by atoms with Crippen molar-refractivity contribution in [2.24, 2.45) is 21.7 Å². The van der Waals surface area contributed by atoms with E-state index in [1.54, 1.807) is 29.9 Å². The van der Waals surface area contributed by atoms with E-state index in [-0.39, 0.29) is 18.4 Å². The van der Waals surface area contributed by atoms with Gasteiger partial charge in [-0.3, -0.25) is 9.38 Å². The van der Waals surface area contributed by atoms with Gasteiger partial charge in [0.2, 0.25) is 5.96 Å². The van der Waals surface area contributed by atoms with Crippen molar-refractivity contribution in [1.82, 2.24) is 14.4 Å². The van der Waals surface area contributed by atoms with Gasteiger partial charge in [0.05, 0.1) is 11.9 Å². The molecule has 0 amide bonds. The van der Waals surface area contributed by atoms with E-state index >= 15 is 0 Å². The summed E-state index contributed by atoms with van der Waals surface area (Å²) < 4.78 is 2.05. The highest BCUT2D eigenvalue weighted by Crippen LogP contribution is 2.29. The lowest BCUT2D eigenvalue weighted by Crippen LogP contribution is -2.21. The molecule has 3 heterocycles. The Labute approximate surface area is 143 Å². The predicted molar refractivity (Wildman–Crippen MR) is 96.4 cm³/mol. The molecule has 0 saturated carbocycles. The zero-order valence-corrected chi connectivity index (χ0v) is 14.2. The Morgan fingerprint density at radius 3 is 2.78 bits per heavy atom. The summed E-state index contributed by atoms with van der Waals surface area (Å²) in [6.07, 6.45) is 5.11. The molecule has 0 bridgehead atoms. The minimum Gasteiger partial charge on any atom is -0.369 e. The lowest BCUT2D eigenvalue weighted by Gasteiger charge is -2.00. The van der Waals surface area contributed by atoms with Gasteiger partial charge in [0.25, 0.3) is 0 Å². The first-order valence-corrected chi connectivity index (χ1v) is 7.40. The molecule has 0 radical (unpaired) electrons. The van der Waals surface area contributed by atoms with Crippen LogP contribution in [-0.2, 0) is 0 Å². The Hall–Kier alpha value is -2.45. The quantitative estimate of drug-likeness (QED) is 0.429. The Kier molecular flexibility index (Phi) is 4.97. The third-order valence-corrected chi connectivity index (χ3v) is 4.32. The molecule has 120 valence electrons. The standard InChI is InChI=1S/C14H15N7S.ClH/c1-8-9(2)22-14-19-12(10-4-3-5-17-6-10)11(21(8)14)7-18-20-13(15)16;/h3-7H,1-2H3,(H4,15,16,20);1H/b18-7+;. The van der Waals surface area contributed by atoms with Crippen LogP contribution in [0.25, 0.3) is 16.2 Å². The first-order valence-electron chi connectivity index (χ1n) is 6.58. The molecule has 0 aliphatic rings. The highest BCUT2D eigenvalue weighted by atomic mass is 35.5. The monoisotopic (exact) mass is 349 g/mol. The van der Waals surface area contributed by atoms with Crippen molar-refractivity contribution in [3.63, 3.8) is 0 Å². The van der Waals surface area contributed by atoms with Gasteiger partial charge in [-0.1, -0.05) is 0 Å². The van der Waals surface area contributed by atoms with Gasteiger partial charge in [0.1, 0.15) is 5.69 Å². The topological polar surface area (TPSA) is 107 Å². The summed E-state index contributed by atoms with van der Waals surface area (Å²) in [4.78, 5) is 11.0. The summed E-state index contributed by atoms with van der Waals surface area (Å²) in [6.45, 7) is 4.11. The molecule has 0 aliphatic carbocycles. The predicted octanol–water partition coefficient (Wildman–Crippen LogP) is 2.10. The van der Waals surface area contributed by atoms with E-state index < -0.39 is 0 Å². The third kappa shape index (κ3) is 3.17. The summed E-state index contributed by atoms with van der Waals surface area (Å²) in [5, 5.41) is 7.60. The van der Waals surface area contributed by atoms with Crippen molar-refractivity contribution < 1.29 is 0 Å². The highest BCUT2D eigenvalue weighted by Gasteiger charge is 2.17. The second-order valence-corrected chi connectivity index (χ2v) is 5.90. The number of fused-ring (bicyclic) bond motifs is 1. The molecule has 0 aromatic carbocycles. The van der Waals surface area contributed by atoms with Crippen molar-refractivity contribution in [3.05, 3.63) is 40.8 Å². The van der Waals surface area contributed by atoms with Gasteiger partial charge in [0, 0.05) is 28.5 Å². The molecule has 0 unspecified atom stereocenters. The molecule has 7 nitrogen and oxygen atoms in total. The molecular formula is C14H16ClN7S. The summed E-state index contributed by atoms with van der Waals surface area (Å²) in [5.74, 6) is -0.0850. The van der Waals surface area contributed by atoms with Crippen molar-refractivity contribution >= 4 is 40.9 Å². The molecule has 0 aliphatic heterocycles. The highest BCUT2D eigenvalue weighted by molar-refractivity contribution is 7.17. The molecule has 0 spiro atoms.